The molecule has 1 aliphatic carbocycles. The molecule has 1 aliphatic rings. The van der Waals surface area contributed by atoms with Crippen molar-refractivity contribution in [2.45, 2.75) is 38.2 Å². The monoisotopic (exact) mass is 248 g/mol. The van der Waals surface area contributed by atoms with Crippen LogP contribution in [-0.2, 0) is 9.53 Å². The van der Waals surface area contributed by atoms with Gasteiger partial charge in [0.05, 0.1) is 0 Å². The Labute approximate surface area is 109 Å². The standard InChI is InChI=1S/C14H20N2O2/c1-16(2)10-6-7-12(11-15)14(17)18-13-8-4-3-5-9-13/h6-7,10,13H,3-5,8-9H2,1-2H3/b10-6+,12-7-. The predicted molar refractivity (Wildman–Crippen MR) is 69.5 cm³/mol. The van der Waals surface area contributed by atoms with E-state index in [1.807, 2.05) is 25.1 Å². The Morgan fingerprint density at radius 3 is 2.56 bits per heavy atom. The molecule has 0 radical (unpaired) electrons. The number of hydrogen-bond acceptors (Lipinski definition) is 4. The Bertz CT molecular complexity index is 372. The SMILES string of the molecule is CN(C)/C=C/C=C(/C#N)C(=O)OC1CCCCC1. The van der Waals surface area contributed by atoms with Crippen LogP contribution in [0.3, 0.4) is 0 Å². The maximum absolute atomic E-state index is 11.8. The maximum atomic E-state index is 11.8. The van der Waals surface area contributed by atoms with Gasteiger partial charge in [-0.1, -0.05) is 6.42 Å². The Kier molecular flexibility index (Phi) is 5.99. The topological polar surface area (TPSA) is 53.3 Å². The number of rotatable bonds is 4. The summed E-state index contributed by atoms with van der Waals surface area (Å²) in [4.78, 5) is 13.6. The molecule has 0 bridgehead atoms. The molecule has 0 unspecified atom stereocenters. The van der Waals surface area contributed by atoms with E-state index in [9.17, 15) is 4.79 Å². The van der Waals surface area contributed by atoms with Crippen molar-refractivity contribution in [1.29, 1.82) is 5.26 Å². The number of nitrogens with zero attached hydrogens (tertiary/aromatic N) is 2. The Balaban J connectivity index is 2.54. The fraction of sp³-hybridized carbons (Fsp3) is 0.571. The summed E-state index contributed by atoms with van der Waals surface area (Å²) in [5.41, 5.74) is 0.0543. The van der Waals surface area contributed by atoms with E-state index in [-0.39, 0.29) is 11.7 Å². The highest BCUT2D eigenvalue weighted by atomic mass is 16.5. The van der Waals surface area contributed by atoms with Crippen molar-refractivity contribution in [3.8, 4) is 6.07 Å². The summed E-state index contributed by atoms with van der Waals surface area (Å²) in [5.74, 6) is -0.507. The molecule has 1 rings (SSSR count). The van der Waals surface area contributed by atoms with Crippen molar-refractivity contribution in [3.05, 3.63) is 23.9 Å². The van der Waals surface area contributed by atoms with Gasteiger partial charge in [0.1, 0.15) is 17.7 Å². The van der Waals surface area contributed by atoms with E-state index in [2.05, 4.69) is 0 Å². The molecular formula is C14H20N2O2. The lowest BCUT2D eigenvalue weighted by atomic mass is 9.98. The van der Waals surface area contributed by atoms with Gasteiger partial charge >= 0.3 is 5.97 Å². The van der Waals surface area contributed by atoms with Crippen LogP contribution in [0.4, 0.5) is 0 Å². The van der Waals surface area contributed by atoms with Crippen LogP contribution in [0.2, 0.25) is 0 Å². The molecule has 0 N–H and O–H groups in total. The summed E-state index contributed by atoms with van der Waals surface area (Å²) >= 11 is 0. The third-order valence-corrected chi connectivity index (χ3v) is 2.81. The van der Waals surface area contributed by atoms with E-state index in [1.54, 1.807) is 12.3 Å². The van der Waals surface area contributed by atoms with Crippen LogP contribution in [0.15, 0.2) is 23.9 Å². The lowest BCUT2D eigenvalue weighted by Gasteiger charge is -2.21. The minimum Gasteiger partial charge on any atom is -0.458 e. The van der Waals surface area contributed by atoms with E-state index in [4.69, 9.17) is 10.00 Å². The summed E-state index contributed by atoms with van der Waals surface area (Å²) in [6, 6.07) is 1.88. The van der Waals surface area contributed by atoms with Crippen LogP contribution >= 0.6 is 0 Å². The Morgan fingerprint density at radius 2 is 2.00 bits per heavy atom. The van der Waals surface area contributed by atoms with Gasteiger partial charge in [-0.15, -0.1) is 0 Å². The smallest absolute Gasteiger partial charge is 0.349 e. The van der Waals surface area contributed by atoms with E-state index < -0.39 is 5.97 Å². The molecule has 0 aromatic heterocycles. The zero-order valence-corrected chi connectivity index (χ0v) is 11.1. The molecule has 0 aromatic carbocycles. The molecule has 0 amide bonds. The summed E-state index contributed by atoms with van der Waals surface area (Å²) in [6.45, 7) is 0. The second-order valence-electron chi connectivity index (χ2n) is 4.66. The van der Waals surface area contributed by atoms with Crippen molar-refractivity contribution >= 4 is 5.97 Å². The van der Waals surface area contributed by atoms with Crippen molar-refractivity contribution in [1.82, 2.24) is 4.90 Å². The summed E-state index contributed by atoms with van der Waals surface area (Å²) in [6.07, 6.45) is 10.2. The van der Waals surface area contributed by atoms with Crippen LogP contribution in [0, 0.1) is 11.3 Å². The first-order chi connectivity index (χ1) is 8.63. The Morgan fingerprint density at radius 1 is 1.33 bits per heavy atom. The number of hydrogen-bond donors (Lipinski definition) is 0. The average Bonchev–Trinajstić information content (AvgIpc) is 2.35. The first-order valence-electron chi connectivity index (χ1n) is 6.29. The predicted octanol–water partition coefficient (Wildman–Crippen LogP) is 2.39. The van der Waals surface area contributed by atoms with Gasteiger partial charge in [-0.2, -0.15) is 5.26 Å². The second kappa shape index (κ2) is 7.54. The number of carbonyl (C=O) groups is 1. The van der Waals surface area contributed by atoms with Crippen LogP contribution in [0.1, 0.15) is 32.1 Å². The minimum absolute atomic E-state index is 0.0131. The number of carbonyl (C=O) groups excluding carboxylic acids is 1. The number of nitriles is 1. The van der Waals surface area contributed by atoms with E-state index in [0.717, 1.165) is 25.7 Å². The van der Waals surface area contributed by atoms with Gasteiger partial charge in [0.25, 0.3) is 0 Å². The zero-order valence-electron chi connectivity index (χ0n) is 11.1. The van der Waals surface area contributed by atoms with Crippen LogP contribution in [0.25, 0.3) is 0 Å². The first kappa shape index (κ1) is 14.3. The molecule has 1 saturated carbocycles. The summed E-state index contributed by atoms with van der Waals surface area (Å²) in [7, 11) is 3.74. The van der Waals surface area contributed by atoms with Crippen LogP contribution < -0.4 is 0 Å². The van der Waals surface area contributed by atoms with Gasteiger partial charge < -0.3 is 9.64 Å². The summed E-state index contributed by atoms with van der Waals surface area (Å²) < 4.78 is 5.32. The van der Waals surface area contributed by atoms with Crippen molar-refractivity contribution in [3.63, 3.8) is 0 Å². The zero-order chi connectivity index (χ0) is 13.4. The maximum Gasteiger partial charge on any atom is 0.349 e. The third-order valence-electron chi connectivity index (χ3n) is 2.81. The largest absolute Gasteiger partial charge is 0.458 e. The van der Waals surface area contributed by atoms with Crippen molar-refractivity contribution in [2.24, 2.45) is 0 Å². The normalized spacial score (nSPS) is 17.5. The molecular weight excluding hydrogens is 228 g/mol. The highest BCUT2D eigenvalue weighted by molar-refractivity contribution is 5.93. The molecule has 1 fully saturated rings. The minimum atomic E-state index is -0.507. The first-order valence-corrected chi connectivity index (χ1v) is 6.29. The van der Waals surface area contributed by atoms with Crippen molar-refractivity contribution < 1.29 is 9.53 Å². The number of esters is 1. The number of ether oxygens (including phenoxy) is 1. The molecule has 0 aliphatic heterocycles. The molecule has 4 heteroatoms. The second-order valence-corrected chi connectivity index (χ2v) is 4.66. The van der Waals surface area contributed by atoms with Gasteiger partial charge in [-0.25, -0.2) is 4.79 Å². The van der Waals surface area contributed by atoms with Gasteiger partial charge in [0.15, 0.2) is 0 Å². The van der Waals surface area contributed by atoms with Gasteiger partial charge in [0, 0.05) is 14.1 Å². The highest BCUT2D eigenvalue weighted by Gasteiger charge is 2.19. The Hall–Kier alpha value is -1.76. The number of allylic oxidation sites excluding steroid dienone is 2. The van der Waals surface area contributed by atoms with Crippen LogP contribution in [0.5, 0.6) is 0 Å². The molecule has 98 valence electrons. The average molecular weight is 248 g/mol. The van der Waals surface area contributed by atoms with Gasteiger partial charge in [0.2, 0.25) is 0 Å². The molecule has 0 heterocycles. The fourth-order valence-corrected chi connectivity index (χ4v) is 1.86. The molecule has 0 spiro atoms. The molecule has 18 heavy (non-hydrogen) atoms. The fourth-order valence-electron chi connectivity index (χ4n) is 1.86. The van der Waals surface area contributed by atoms with E-state index in [0.29, 0.717) is 0 Å². The molecule has 0 atom stereocenters. The van der Waals surface area contributed by atoms with Gasteiger partial charge in [-0.05, 0) is 44.0 Å². The summed E-state index contributed by atoms with van der Waals surface area (Å²) in [5, 5.41) is 8.92. The van der Waals surface area contributed by atoms with Crippen LogP contribution in [-0.4, -0.2) is 31.1 Å². The van der Waals surface area contributed by atoms with E-state index in [1.165, 1.54) is 12.5 Å². The molecule has 0 aromatic rings. The molecule has 0 saturated heterocycles. The lowest BCUT2D eigenvalue weighted by molar-refractivity contribution is -0.145. The van der Waals surface area contributed by atoms with E-state index >= 15 is 0 Å². The highest BCUT2D eigenvalue weighted by Crippen LogP contribution is 2.21. The van der Waals surface area contributed by atoms with Crippen molar-refractivity contribution in [2.75, 3.05) is 14.1 Å². The quantitative estimate of drug-likeness (QED) is 0.332. The third kappa shape index (κ3) is 5.05. The lowest BCUT2D eigenvalue weighted by Crippen LogP contribution is -2.21. The molecule has 4 nitrogen and oxygen atoms in total. The van der Waals surface area contributed by atoms with Gasteiger partial charge in [-0.3, -0.25) is 0 Å².